The molecule has 0 unspecified atom stereocenters. The fourth-order valence-corrected chi connectivity index (χ4v) is 4.16. The Morgan fingerprint density at radius 1 is 0.611 bits per heavy atom. The topological polar surface area (TPSA) is 60.3 Å². The highest BCUT2D eigenvalue weighted by Gasteiger charge is 2.15. The monoisotopic (exact) mass is 472 g/mol. The summed E-state index contributed by atoms with van der Waals surface area (Å²) in [6.07, 6.45) is 0. The zero-order chi connectivity index (χ0) is 24.9. The Kier molecular flexibility index (Phi) is 6.45. The molecule has 0 bridgehead atoms. The number of esters is 1. The number of benzene rings is 4. The predicted molar refractivity (Wildman–Crippen MR) is 142 cm³/mol. The number of amides is 1. The van der Waals surface area contributed by atoms with Crippen LogP contribution < -0.4 is 5.32 Å². The van der Waals surface area contributed by atoms with E-state index in [1.165, 1.54) is 7.11 Å². The van der Waals surface area contributed by atoms with Crippen molar-refractivity contribution in [1.82, 2.24) is 4.57 Å². The number of carbonyl (C=O) groups excluding carboxylic acids is 2. The second-order valence-corrected chi connectivity index (χ2v) is 8.24. The normalized spacial score (nSPS) is 10.6. The minimum Gasteiger partial charge on any atom is -0.465 e. The highest BCUT2D eigenvalue weighted by atomic mass is 16.5. The highest BCUT2D eigenvalue weighted by molar-refractivity contribution is 6.04. The summed E-state index contributed by atoms with van der Waals surface area (Å²) in [5.74, 6) is -0.648. The highest BCUT2D eigenvalue weighted by Crippen LogP contribution is 2.32. The number of ether oxygens (including phenoxy) is 1. The lowest BCUT2D eigenvalue weighted by Gasteiger charge is -2.15. The van der Waals surface area contributed by atoms with E-state index in [2.05, 4.69) is 46.3 Å². The van der Waals surface area contributed by atoms with E-state index < -0.39 is 5.97 Å². The molecule has 1 N–H and O–H groups in total. The molecule has 1 aromatic heterocycles. The fraction of sp³-hybridized carbons (Fsp3) is 0.0323. The predicted octanol–water partition coefficient (Wildman–Crippen LogP) is 6.85. The first kappa shape index (κ1) is 22.9. The van der Waals surface area contributed by atoms with Crippen molar-refractivity contribution in [3.05, 3.63) is 132 Å². The standard InChI is InChI=1S/C31H24N2O3/c1-36-31(35)25-12-16-26(17-13-25)32-30(34)24-14-18-27(19-15-24)33-28(22-8-4-2-5-9-22)20-21-29(33)23-10-6-3-7-11-23/h2-21H,1H3,(H,32,34). The maximum atomic E-state index is 12.9. The molecule has 5 rings (SSSR count). The van der Waals surface area contributed by atoms with Crippen LogP contribution in [0.25, 0.3) is 28.2 Å². The van der Waals surface area contributed by atoms with E-state index in [9.17, 15) is 9.59 Å². The van der Waals surface area contributed by atoms with E-state index >= 15 is 0 Å². The molecule has 0 fully saturated rings. The van der Waals surface area contributed by atoms with Crippen LogP contribution in [0.1, 0.15) is 20.7 Å². The van der Waals surface area contributed by atoms with Crippen LogP contribution in [0.15, 0.2) is 121 Å². The summed E-state index contributed by atoms with van der Waals surface area (Å²) in [5.41, 5.74) is 6.86. The van der Waals surface area contributed by atoms with Crippen LogP contribution in [-0.4, -0.2) is 23.6 Å². The number of hydrogen-bond donors (Lipinski definition) is 1. The fourth-order valence-electron chi connectivity index (χ4n) is 4.16. The number of nitrogens with one attached hydrogen (secondary N) is 1. The van der Waals surface area contributed by atoms with Crippen LogP contribution in [-0.2, 0) is 4.74 Å². The van der Waals surface area contributed by atoms with Gasteiger partial charge in [-0.2, -0.15) is 0 Å². The zero-order valence-corrected chi connectivity index (χ0v) is 19.7. The lowest BCUT2D eigenvalue weighted by atomic mass is 10.1. The Morgan fingerprint density at radius 3 is 1.61 bits per heavy atom. The average molecular weight is 473 g/mol. The van der Waals surface area contributed by atoms with Gasteiger partial charge in [0.25, 0.3) is 5.91 Å². The Morgan fingerprint density at radius 2 is 1.11 bits per heavy atom. The molecular weight excluding hydrogens is 448 g/mol. The molecule has 0 atom stereocenters. The number of anilines is 1. The minimum atomic E-state index is -0.418. The van der Waals surface area contributed by atoms with Gasteiger partial charge in [-0.15, -0.1) is 0 Å². The van der Waals surface area contributed by atoms with E-state index in [-0.39, 0.29) is 5.91 Å². The molecule has 0 saturated heterocycles. The molecule has 4 aromatic carbocycles. The largest absolute Gasteiger partial charge is 0.465 e. The van der Waals surface area contributed by atoms with Crippen molar-refractivity contribution in [1.29, 1.82) is 0 Å². The summed E-state index contributed by atoms with van der Waals surface area (Å²) in [6, 6.07) is 38.9. The zero-order valence-electron chi connectivity index (χ0n) is 19.7. The van der Waals surface area contributed by atoms with Crippen molar-refractivity contribution in [3.63, 3.8) is 0 Å². The molecule has 36 heavy (non-hydrogen) atoms. The third kappa shape index (κ3) is 4.68. The number of carbonyl (C=O) groups is 2. The number of rotatable bonds is 6. The lowest BCUT2D eigenvalue weighted by Crippen LogP contribution is -2.12. The van der Waals surface area contributed by atoms with Gasteiger partial charge in [0.15, 0.2) is 0 Å². The number of methoxy groups -OCH3 is 1. The van der Waals surface area contributed by atoms with Gasteiger partial charge in [0.1, 0.15) is 0 Å². The van der Waals surface area contributed by atoms with E-state index in [1.54, 1.807) is 24.3 Å². The van der Waals surface area contributed by atoms with Crippen molar-refractivity contribution >= 4 is 17.6 Å². The molecule has 5 nitrogen and oxygen atoms in total. The molecule has 5 heteroatoms. The first-order chi connectivity index (χ1) is 17.6. The van der Waals surface area contributed by atoms with E-state index in [0.717, 1.165) is 28.2 Å². The van der Waals surface area contributed by atoms with Gasteiger partial charge in [0.05, 0.1) is 24.1 Å². The molecule has 0 spiro atoms. The molecule has 5 aromatic rings. The summed E-state index contributed by atoms with van der Waals surface area (Å²) in [5, 5.41) is 2.87. The maximum absolute atomic E-state index is 12.9. The Hall–Kier alpha value is -4.90. The lowest BCUT2D eigenvalue weighted by molar-refractivity contribution is 0.0600. The second-order valence-electron chi connectivity index (χ2n) is 8.24. The van der Waals surface area contributed by atoms with Crippen LogP contribution >= 0.6 is 0 Å². The van der Waals surface area contributed by atoms with Gasteiger partial charge in [0, 0.05) is 16.9 Å². The first-order valence-electron chi connectivity index (χ1n) is 11.6. The van der Waals surface area contributed by atoms with Gasteiger partial charge >= 0.3 is 5.97 Å². The van der Waals surface area contributed by atoms with E-state index in [4.69, 9.17) is 4.74 Å². The molecule has 0 radical (unpaired) electrons. The Bertz CT molecular complexity index is 1430. The second kappa shape index (κ2) is 10.2. The first-order valence-corrected chi connectivity index (χ1v) is 11.6. The van der Waals surface area contributed by atoms with Gasteiger partial charge in [0.2, 0.25) is 0 Å². The molecular formula is C31H24N2O3. The smallest absolute Gasteiger partial charge is 0.337 e. The number of aromatic nitrogens is 1. The van der Waals surface area contributed by atoms with Crippen LogP contribution in [0.5, 0.6) is 0 Å². The van der Waals surface area contributed by atoms with E-state index in [0.29, 0.717) is 16.8 Å². The molecule has 0 aliphatic carbocycles. The van der Waals surface area contributed by atoms with Gasteiger partial charge in [-0.3, -0.25) is 4.79 Å². The summed E-state index contributed by atoms with van der Waals surface area (Å²) in [7, 11) is 1.33. The van der Waals surface area contributed by atoms with Crippen LogP contribution in [0, 0.1) is 0 Å². The molecule has 176 valence electrons. The van der Waals surface area contributed by atoms with Crippen molar-refractivity contribution < 1.29 is 14.3 Å². The number of nitrogens with zero attached hydrogens (tertiary/aromatic N) is 1. The molecule has 0 aliphatic heterocycles. The van der Waals surface area contributed by atoms with Crippen molar-refractivity contribution in [2.75, 3.05) is 12.4 Å². The SMILES string of the molecule is COC(=O)c1ccc(NC(=O)c2ccc(-n3c(-c4ccccc4)ccc3-c3ccccc3)cc2)cc1. The van der Waals surface area contributed by atoms with Crippen molar-refractivity contribution in [3.8, 4) is 28.2 Å². The van der Waals surface area contributed by atoms with Crippen molar-refractivity contribution in [2.24, 2.45) is 0 Å². The summed E-state index contributed by atoms with van der Waals surface area (Å²) >= 11 is 0. The Labute approximate surface area is 209 Å². The third-order valence-corrected chi connectivity index (χ3v) is 5.97. The van der Waals surface area contributed by atoms with Gasteiger partial charge in [-0.05, 0) is 71.8 Å². The Balaban J connectivity index is 1.44. The number of hydrogen-bond acceptors (Lipinski definition) is 3. The molecule has 0 aliphatic rings. The summed E-state index contributed by atoms with van der Waals surface area (Å²) < 4.78 is 6.92. The minimum absolute atomic E-state index is 0.230. The van der Waals surface area contributed by atoms with E-state index in [1.807, 2.05) is 60.7 Å². The molecule has 1 heterocycles. The van der Waals surface area contributed by atoms with Crippen molar-refractivity contribution in [2.45, 2.75) is 0 Å². The third-order valence-electron chi connectivity index (χ3n) is 5.97. The molecule has 0 saturated carbocycles. The quantitative estimate of drug-likeness (QED) is 0.275. The van der Waals surface area contributed by atoms with Crippen LogP contribution in [0.3, 0.4) is 0 Å². The van der Waals surface area contributed by atoms with Crippen LogP contribution in [0.4, 0.5) is 5.69 Å². The maximum Gasteiger partial charge on any atom is 0.337 e. The summed E-state index contributed by atoms with van der Waals surface area (Å²) in [6.45, 7) is 0. The average Bonchev–Trinajstić information content (AvgIpc) is 3.39. The van der Waals surface area contributed by atoms with Crippen LogP contribution in [0.2, 0.25) is 0 Å². The summed E-state index contributed by atoms with van der Waals surface area (Å²) in [4.78, 5) is 24.5. The van der Waals surface area contributed by atoms with Gasteiger partial charge in [-0.1, -0.05) is 60.7 Å². The van der Waals surface area contributed by atoms with Gasteiger partial charge < -0.3 is 14.6 Å². The molecule has 1 amide bonds. The van der Waals surface area contributed by atoms with Gasteiger partial charge in [-0.25, -0.2) is 4.79 Å².